The van der Waals surface area contributed by atoms with Crippen molar-refractivity contribution < 1.29 is 8.42 Å². The van der Waals surface area contributed by atoms with Gasteiger partial charge in [-0.3, -0.25) is 9.82 Å². The minimum atomic E-state index is -3.51. The van der Waals surface area contributed by atoms with Crippen molar-refractivity contribution in [3.8, 4) is 0 Å². The molecule has 0 aliphatic rings. The Kier molecular flexibility index (Phi) is 3.35. The van der Waals surface area contributed by atoms with Crippen LogP contribution in [0.5, 0.6) is 0 Å². The van der Waals surface area contributed by atoms with Crippen LogP contribution in [-0.4, -0.2) is 24.7 Å². The fraction of sp³-hybridized carbons (Fsp3) is 0.625. The van der Waals surface area contributed by atoms with Gasteiger partial charge in [0.15, 0.2) is 0 Å². The zero-order valence-electron chi connectivity index (χ0n) is 9.25. The van der Waals surface area contributed by atoms with Gasteiger partial charge in [-0.15, -0.1) is 0 Å². The van der Waals surface area contributed by atoms with E-state index in [1.54, 1.807) is 27.7 Å². The number of aromatic amines is 1. The summed E-state index contributed by atoms with van der Waals surface area (Å²) in [6, 6.07) is -0.144. The number of anilines is 1. The molecule has 0 aromatic carbocycles. The Bertz CT molecular complexity index is 416. The van der Waals surface area contributed by atoms with Crippen molar-refractivity contribution in [2.75, 3.05) is 4.72 Å². The summed E-state index contributed by atoms with van der Waals surface area (Å²) in [4.78, 5) is 0. The standard InChI is InChI=1S/C8H16N4O2S/c1-5(2)11-15(13,14)12-8-6(3)9-10-7(8)4/h5,11-12H,1-4H3,(H,9,10). The quantitative estimate of drug-likeness (QED) is 0.713. The van der Waals surface area contributed by atoms with Crippen molar-refractivity contribution >= 4 is 15.9 Å². The number of rotatable bonds is 4. The number of aromatic nitrogens is 2. The van der Waals surface area contributed by atoms with Crippen molar-refractivity contribution in [1.29, 1.82) is 0 Å². The first-order valence-corrected chi connectivity index (χ1v) is 6.12. The van der Waals surface area contributed by atoms with E-state index in [0.29, 0.717) is 17.1 Å². The third kappa shape index (κ3) is 3.21. The summed E-state index contributed by atoms with van der Waals surface area (Å²) in [5.74, 6) is 0. The monoisotopic (exact) mass is 232 g/mol. The number of aryl methyl sites for hydroxylation is 2. The van der Waals surface area contributed by atoms with Crippen LogP contribution in [0.2, 0.25) is 0 Å². The van der Waals surface area contributed by atoms with Gasteiger partial charge < -0.3 is 0 Å². The van der Waals surface area contributed by atoms with E-state index in [1.165, 1.54) is 0 Å². The number of nitrogens with one attached hydrogen (secondary N) is 3. The second-order valence-electron chi connectivity index (χ2n) is 3.69. The highest BCUT2D eigenvalue weighted by Gasteiger charge is 2.15. The van der Waals surface area contributed by atoms with E-state index < -0.39 is 10.2 Å². The third-order valence-electron chi connectivity index (χ3n) is 1.76. The van der Waals surface area contributed by atoms with Gasteiger partial charge in [0.05, 0.1) is 17.1 Å². The van der Waals surface area contributed by atoms with Gasteiger partial charge in [-0.05, 0) is 27.7 Å². The molecular formula is C8H16N4O2S. The third-order valence-corrected chi connectivity index (χ3v) is 3.01. The lowest BCUT2D eigenvalue weighted by Crippen LogP contribution is -2.35. The molecule has 0 saturated carbocycles. The second kappa shape index (κ2) is 4.19. The molecule has 0 spiro atoms. The average molecular weight is 232 g/mol. The highest BCUT2D eigenvalue weighted by molar-refractivity contribution is 7.90. The summed E-state index contributed by atoms with van der Waals surface area (Å²) in [6.07, 6.45) is 0. The number of H-pyrrole nitrogens is 1. The van der Waals surface area contributed by atoms with Crippen LogP contribution in [0, 0.1) is 13.8 Å². The molecule has 0 amide bonds. The van der Waals surface area contributed by atoms with E-state index in [0.717, 1.165) is 0 Å². The van der Waals surface area contributed by atoms with Crippen molar-refractivity contribution in [1.82, 2.24) is 14.9 Å². The first kappa shape index (κ1) is 12.0. The van der Waals surface area contributed by atoms with Crippen LogP contribution in [0.15, 0.2) is 0 Å². The smallest absolute Gasteiger partial charge is 0.280 e. The SMILES string of the molecule is Cc1n[nH]c(C)c1NS(=O)(=O)NC(C)C. The minimum absolute atomic E-state index is 0.144. The Morgan fingerprint density at radius 2 is 1.93 bits per heavy atom. The summed E-state index contributed by atoms with van der Waals surface area (Å²) in [6.45, 7) is 7.01. The van der Waals surface area contributed by atoms with Gasteiger partial charge in [0.25, 0.3) is 10.2 Å². The van der Waals surface area contributed by atoms with E-state index in [2.05, 4.69) is 19.6 Å². The van der Waals surface area contributed by atoms with Gasteiger partial charge in [0.1, 0.15) is 0 Å². The molecule has 6 nitrogen and oxygen atoms in total. The maximum absolute atomic E-state index is 11.5. The second-order valence-corrected chi connectivity index (χ2v) is 5.13. The summed E-state index contributed by atoms with van der Waals surface area (Å²) in [7, 11) is -3.51. The molecule has 1 heterocycles. The van der Waals surface area contributed by atoms with E-state index in [1.807, 2.05) is 0 Å². The van der Waals surface area contributed by atoms with Crippen LogP contribution < -0.4 is 9.44 Å². The number of hydrogen-bond donors (Lipinski definition) is 3. The molecule has 0 aliphatic carbocycles. The zero-order chi connectivity index (χ0) is 11.6. The normalized spacial score (nSPS) is 12.1. The molecule has 1 aromatic heterocycles. The highest BCUT2D eigenvalue weighted by Crippen LogP contribution is 2.16. The Morgan fingerprint density at radius 1 is 1.33 bits per heavy atom. The fourth-order valence-corrected chi connectivity index (χ4v) is 2.42. The van der Waals surface area contributed by atoms with Crippen molar-refractivity contribution in [2.45, 2.75) is 33.7 Å². The molecule has 0 atom stereocenters. The Morgan fingerprint density at radius 3 is 2.33 bits per heavy atom. The zero-order valence-corrected chi connectivity index (χ0v) is 10.1. The number of hydrogen-bond acceptors (Lipinski definition) is 3. The van der Waals surface area contributed by atoms with Crippen LogP contribution in [0.1, 0.15) is 25.2 Å². The lowest BCUT2D eigenvalue weighted by Gasteiger charge is -2.11. The molecule has 1 rings (SSSR count). The summed E-state index contributed by atoms with van der Waals surface area (Å²) < 4.78 is 28.0. The van der Waals surface area contributed by atoms with E-state index in [9.17, 15) is 8.42 Å². The van der Waals surface area contributed by atoms with E-state index in [-0.39, 0.29) is 6.04 Å². The lowest BCUT2D eigenvalue weighted by molar-refractivity contribution is 0.575. The van der Waals surface area contributed by atoms with Gasteiger partial charge in [-0.1, -0.05) is 0 Å². The van der Waals surface area contributed by atoms with Crippen molar-refractivity contribution in [3.63, 3.8) is 0 Å². The first-order valence-electron chi connectivity index (χ1n) is 4.63. The van der Waals surface area contributed by atoms with E-state index >= 15 is 0 Å². The predicted octanol–water partition coefficient (Wildman–Crippen LogP) is 0.681. The molecule has 0 bridgehead atoms. The molecule has 0 radical (unpaired) electrons. The minimum Gasteiger partial charge on any atom is -0.280 e. The maximum Gasteiger partial charge on any atom is 0.299 e. The summed E-state index contributed by atoms with van der Waals surface area (Å²) >= 11 is 0. The topological polar surface area (TPSA) is 86.9 Å². The molecule has 0 aliphatic heterocycles. The molecule has 7 heteroatoms. The van der Waals surface area contributed by atoms with Crippen LogP contribution in [0.3, 0.4) is 0 Å². The molecule has 0 unspecified atom stereocenters. The van der Waals surface area contributed by atoms with Gasteiger partial charge in [0, 0.05) is 6.04 Å². The van der Waals surface area contributed by atoms with Crippen LogP contribution in [0.4, 0.5) is 5.69 Å². The highest BCUT2D eigenvalue weighted by atomic mass is 32.2. The Balaban J connectivity index is 2.87. The first-order chi connectivity index (χ1) is 6.82. The lowest BCUT2D eigenvalue weighted by atomic mass is 10.3. The van der Waals surface area contributed by atoms with Crippen LogP contribution in [-0.2, 0) is 10.2 Å². The molecule has 1 aromatic rings. The van der Waals surface area contributed by atoms with Gasteiger partial charge in [-0.25, -0.2) is 0 Å². The maximum atomic E-state index is 11.5. The predicted molar refractivity (Wildman–Crippen MR) is 58.9 cm³/mol. The van der Waals surface area contributed by atoms with Gasteiger partial charge >= 0.3 is 0 Å². The van der Waals surface area contributed by atoms with Gasteiger partial charge in [0.2, 0.25) is 0 Å². The number of nitrogens with zero attached hydrogens (tertiary/aromatic N) is 1. The van der Waals surface area contributed by atoms with Crippen LogP contribution in [0.25, 0.3) is 0 Å². The molecule has 3 N–H and O–H groups in total. The molecule has 0 saturated heterocycles. The van der Waals surface area contributed by atoms with E-state index in [4.69, 9.17) is 0 Å². The van der Waals surface area contributed by atoms with Gasteiger partial charge in [-0.2, -0.15) is 18.2 Å². The Hall–Kier alpha value is -1.08. The summed E-state index contributed by atoms with van der Waals surface area (Å²) in [5, 5.41) is 6.61. The molecule has 0 fully saturated rings. The van der Waals surface area contributed by atoms with Crippen LogP contribution >= 0.6 is 0 Å². The largest absolute Gasteiger partial charge is 0.299 e. The van der Waals surface area contributed by atoms with Crippen molar-refractivity contribution in [2.24, 2.45) is 0 Å². The average Bonchev–Trinajstić information content (AvgIpc) is 2.33. The fourth-order valence-electron chi connectivity index (χ4n) is 1.18. The van der Waals surface area contributed by atoms with Crippen molar-refractivity contribution in [3.05, 3.63) is 11.4 Å². The molecular weight excluding hydrogens is 216 g/mol. The molecule has 86 valence electrons. The molecule has 15 heavy (non-hydrogen) atoms. The summed E-state index contributed by atoms with van der Waals surface area (Å²) in [5.41, 5.74) is 1.83. The Labute approximate surface area is 89.6 Å².